The van der Waals surface area contributed by atoms with Crippen molar-refractivity contribution in [2.24, 2.45) is 0 Å². The molecule has 8 heteroatoms. The molecule has 8 nitrogen and oxygen atoms in total. The van der Waals surface area contributed by atoms with Crippen molar-refractivity contribution >= 4 is 11.6 Å². The average Bonchev–Trinajstić information content (AvgIpc) is 3.28. The summed E-state index contributed by atoms with van der Waals surface area (Å²) in [7, 11) is 2.12. The van der Waals surface area contributed by atoms with Gasteiger partial charge < -0.3 is 5.32 Å². The molecule has 33 heavy (non-hydrogen) atoms. The number of carbonyl (C=O) groups is 1. The summed E-state index contributed by atoms with van der Waals surface area (Å²) in [6.07, 6.45) is 5.29. The molecule has 0 spiro atoms. The summed E-state index contributed by atoms with van der Waals surface area (Å²) in [5, 5.41) is 11.8. The van der Waals surface area contributed by atoms with Crippen LogP contribution in [0.15, 0.2) is 73.2 Å². The van der Waals surface area contributed by atoms with E-state index in [1.807, 2.05) is 34.9 Å². The highest BCUT2D eigenvalue weighted by Gasteiger charge is 2.29. The molecule has 0 saturated carbocycles. The van der Waals surface area contributed by atoms with Crippen molar-refractivity contribution < 1.29 is 4.79 Å². The summed E-state index contributed by atoms with van der Waals surface area (Å²) < 4.78 is 1.95. The van der Waals surface area contributed by atoms with Gasteiger partial charge in [-0.2, -0.15) is 0 Å². The van der Waals surface area contributed by atoms with Crippen LogP contribution in [0.4, 0.5) is 0 Å². The highest BCUT2D eigenvalue weighted by Crippen LogP contribution is 2.24. The van der Waals surface area contributed by atoms with E-state index >= 15 is 0 Å². The molecule has 0 aliphatic carbocycles. The molecule has 1 N–H and O–H groups in total. The lowest BCUT2D eigenvalue weighted by Crippen LogP contribution is -2.46. The molecule has 168 valence electrons. The molecular weight excluding hydrogens is 414 g/mol. The van der Waals surface area contributed by atoms with E-state index in [2.05, 4.69) is 61.6 Å². The zero-order valence-electron chi connectivity index (χ0n) is 18.6. The molecule has 1 atom stereocenters. The molecule has 1 unspecified atom stereocenters. The maximum atomic E-state index is 12.8. The Balaban J connectivity index is 1.34. The second kappa shape index (κ2) is 9.48. The number of nitrogens with zero attached hydrogens (tertiary/aromatic N) is 6. The number of benzene rings is 1. The number of carbonyl (C=O) groups excluding carboxylic acids is 1. The number of hydrogen-bond donors (Lipinski definition) is 1. The van der Waals surface area contributed by atoms with Gasteiger partial charge in [0.15, 0.2) is 11.5 Å². The first kappa shape index (κ1) is 21.2. The molecule has 1 amide bonds. The van der Waals surface area contributed by atoms with Crippen LogP contribution < -0.4 is 5.32 Å². The summed E-state index contributed by atoms with van der Waals surface area (Å²) in [5.41, 5.74) is 3.63. The zero-order chi connectivity index (χ0) is 22.6. The Bertz CT molecular complexity index is 1230. The quantitative estimate of drug-likeness (QED) is 0.496. The van der Waals surface area contributed by atoms with Crippen LogP contribution in [-0.2, 0) is 13.1 Å². The third-order valence-corrected chi connectivity index (χ3v) is 6.17. The highest BCUT2D eigenvalue weighted by molar-refractivity contribution is 5.94. The van der Waals surface area contributed by atoms with Gasteiger partial charge in [0.2, 0.25) is 0 Å². The number of pyridine rings is 2. The second-order valence-electron chi connectivity index (χ2n) is 8.46. The molecule has 1 fully saturated rings. The minimum absolute atomic E-state index is 0.0904. The summed E-state index contributed by atoms with van der Waals surface area (Å²) in [4.78, 5) is 21.6. The van der Waals surface area contributed by atoms with Crippen LogP contribution in [0.5, 0.6) is 0 Å². The first-order chi connectivity index (χ1) is 16.2. The van der Waals surface area contributed by atoms with Gasteiger partial charge >= 0.3 is 0 Å². The molecule has 1 aliphatic rings. The maximum absolute atomic E-state index is 12.8. The zero-order valence-corrected chi connectivity index (χ0v) is 18.6. The van der Waals surface area contributed by atoms with Crippen LogP contribution in [0, 0.1) is 0 Å². The van der Waals surface area contributed by atoms with Gasteiger partial charge in [-0.15, -0.1) is 10.2 Å². The first-order valence-electron chi connectivity index (χ1n) is 11.2. The second-order valence-corrected chi connectivity index (χ2v) is 8.46. The largest absolute Gasteiger partial charge is 0.348 e. The van der Waals surface area contributed by atoms with Gasteiger partial charge in [-0.3, -0.25) is 24.0 Å². The van der Waals surface area contributed by atoms with Crippen molar-refractivity contribution in [1.29, 1.82) is 0 Å². The Morgan fingerprint density at radius 3 is 2.64 bits per heavy atom. The third kappa shape index (κ3) is 4.76. The standard InChI is InChI=1S/C25H27N7O/c1-30-13-14-31(16-20-5-3-2-4-6-20)18-22(30)24-29-28-23-8-7-21(17-32(23)24)25(33)27-15-19-9-11-26-12-10-19/h2-12,17,22H,13-16,18H2,1H3,(H,27,33). The normalized spacial score (nSPS) is 17.3. The number of piperazine rings is 1. The van der Waals surface area contributed by atoms with E-state index in [9.17, 15) is 4.79 Å². The monoisotopic (exact) mass is 441 g/mol. The van der Waals surface area contributed by atoms with E-state index in [0.29, 0.717) is 12.1 Å². The Labute approximate surface area is 192 Å². The average molecular weight is 442 g/mol. The number of hydrogen-bond acceptors (Lipinski definition) is 6. The number of likely N-dealkylation sites (N-methyl/N-ethyl adjacent to an activating group) is 1. The smallest absolute Gasteiger partial charge is 0.253 e. The molecule has 4 aromatic rings. The highest BCUT2D eigenvalue weighted by atomic mass is 16.1. The number of nitrogens with one attached hydrogen (secondary N) is 1. The predicted molar refractivity (Wildman–Crippen MR) is 125 cm³/mol. The van der Waals surface area contributed by atoms with Crippen molar-refractivity contribution in [3.63, 3.8) is 0 Å². The van der Waals surface area contributed by atoms with E-state index in [1.165, 1.54) is 5.56 Å². The molecule has 5 rings (SSSR count). The van der Waals surface area contributed by atoms with Crippen LogP contribution >= 0.6 is 0 Å². The first-order valence-corrected chi connectivity index (χ1v) is 11.2. The van der Waals surface area contributed by atoms with Gasteiger partial charge in [0, 0.05) is 51.3 Å². The van der Waals surface area contributed by atoms with E-state index < -0.39 is 0 Å². The Hall–Kier alpha value is -3.62. The minimum Gasteiger partial charge on any atom is -0.348 e. The minimum atomic E-state index is -0.129. The lowest BCUT2D eigenvalue weighted by molar-refractivity contribution is 0.0852. The van der Waals surface area contributed by atoms with E-state index in [1.54, 1.807) is 18.5 Å². The number of rotatable bonds is 6. The summed E-state index contributed by atoms with van der Waals surface area (Å²) in [5.74, 6) is 0.727. The molecule has 0 bridgehead atoms. The van der Waals surface area contributed by atoms with Crippen molar-refractivity contribution in [2.45, 2.75) is 19.1 Å². The predicted octanol–water partition coefficient (Wildman–Crippen LogP) is 2.54. The lowest BCUT2D eigenvalue weighted by atomic mass is 10.1. The summed E-state index contributed by atoms with van der Waals surface area (Å²) in [6, 6.07) is 18.0. The van der Waals surface area contributed by atoms with E-state index in [0.717, 1.165) is 43.2 Å². The van der Waals surface area contributed by atoms with Crippen LogP contribution in [0.3, 0.4) is 0 Å². The SMILES string of the molecule is CN1CCN(Cc2ccccc2)CC1c1nnc2ccc(C(=O)NCc3ccncc3)cn12. The molecule has 1 aromatic carbocycles. The van der Waals surface area contributed by atoms with Gasteiger partial charge in [0.1, 0.15) is 0 Å². The van der Waals surface area contributed by atoms with Gasteiger partial charge in [-0.05, 0) is 42.4 Å². The Morgan fingerprint density at radius 1 is 1.00 bits per heavy atom. The van der Waals surface area contributed by atoms with E-state index in [4.69, 9.17) is 0 Å². The maximum Gasteiger partial charge on any atom is 0.253 e. The van der Waals surface area contributed by atoms with Gasteiger partial charge in [-0.25, -0.2) is 0 Å². The number of fused-ring (bicyclic) bond motifs is 1. The molecule has 1 saturated heterocycles. The third-order valence-electron chi connectivity index (χ3n) is 6.17. The van der Waals surface area contributed by atoms with Gasteiger partial charge in [0.25, 0.3) is 5.91 Å². The van der Waals surface area contributed by atoms with Crippen molar-refractivity contribution in [3.8, 4) is 0 Å². The fraction of sp³-hybridized carbons (Fsp3) is 0.280. The molecular formula is C25H27N7O. The number of aromatic nitrogens is 4. The summed E-state index contributed by atoms with van der Waals surface area (Å²) >= 11 is 0. The van der Waals surface area contributed by atoms with Crippen LogP contribution in [0.25, 0.3) is 5.65 Å². The van der Waals surface area contributed by atoms with Crippen LogP contribution in [-0.4, -0.2) is 62.0 Å². The van der Waals surface area contributed by atoms with Crippen LogP contribution in [0.2, 0.25) is 0 Å². The Morgan fingerprint density at radius 2 is 1.82 bits per heavy atom. The van der Waals surface area contributed by atoms with E-state index in [-0.39, 0.29) is 11.9 Å². The molecule has 1 aliphatic heterocycles. The molecule has 0 radical (unpaired) electrons. The molecule has 3 aromatic heterocycles. The topological polar surface area (TPSA) is 78.7 Å². The van der Waals surface area contributed by atoms with Crippen molar-refractivity contribution in [3.05, 3.63) is 95.7 Å². The van der Waals surface area contributed by atoms with Crippen molar-refractivity contribution in [1.82, 2.24) is 34.7 Å². The fourth-order valence-electron chi connectivity index (χ4n) is 4.25. The lowest BCUT2D eigenvalue weighted by Gasteiger charge is -2.38. The van der Waals surface area contributed by atoms with Gasteiger partial charge in [0.05, 0.1) is 11.6 Å². The fourth-order valence-corrected chi connectivity index (χ4v) is 4.25. The van der Waals surface area contributed by atoms with Gasteiger partial charge in [-0.1, -0.05) is 30.3 Å². The van der Waals surface area contributed by atoms with Crippen LogP contribution in [0.1, 0.15) is 33.4 Å². The summed E-state index contributed by atoms with van der Waals surface area (Å²) in [6.45, 7) is 4.16. The van der Waals surface area contributed by atoms with Crippen molar-refractivity contribution in [2.75, 3.05) is 26.7 Å². The molecule has 4 heterocycles. The Kier molecular flexibility index (Phi) is 6.10. The number of amides is 1.